The molecule has 0 spiro atoms. The van der Waals surface area contributed by atoms with Gasteiger partial charge in [-0.15, -0.1) is 0 Å². The standard InChI is InChI=1S/C29H36N2O5/c1-6-18-36-23-15-14-22(19-24(23)35-9-4)26-25(27(32)21-12-10-20(5)11-13-21)28(33)29(34)31(26)17-16-30(7-2)8-3/h6,10-15,19,26,32H,1,7-9,16-18H2,2-5H3. The Hall–Kier alpha value is -3.58. The Morgan fingerprint density at radius 2 is 1.75 bits per heavy atom. The molecule has 0 radical (unpaired) electrons. The number of Topliss-reactive ketones (excluding diaryl/α,β-unsaturated/α-hetero) is 1. The molecule has 0 aromatic heterocycles. The maximum Gasteiger partial charge on any atom is 0.295 e. The zero-order valence-corrected chi connectivity index (χ0v) is 21.6. The molecule has 1 heterocycles. The lowest BCUT2D eigenvalue weighted by molar-refractivity contribution is -0.140. The van der Waals surface area contributed by atoms with Gasteiger partial charge < -0.3 is 24.4 Å². The van der Waals surface area contributed by atoms with Crippen molar-refractivity contribution in [2.75, 3.05) is 39.4 Å². The number of likely N-dealkylation sites (tertiary alicyclic amines) is 1. The number of likely N-dealkylation sites (N-methyl/N-ethyl adjacent to an activating group) is 1. The number of aryl methyl sites for hydroxylation is 1. The summed E-state index contributed by atoms with van der Waals surface area (Å²) in [6, 6.07) is 11.8. The largest absolute Gasteiger partial charge is 0.507 e. The van der Waals surface area contributed by atoms with E-state index in [-0.39, 0.29) is 11.3 Å². The normalized spacial score (nSPS) is 17.0. The molecule has 36 heavy (non-hydrogen) atoms. The molecular weight excluding hydrogens is 456 g/mol. The Bertz CT molecular complexity index is 1120. The van der Waals surface area contributed by atoms with Crippen molar-refractivity contribution in [3.8, 4) is 11.5 Å². The molecular formula is C29H36N2O5. The van der Waals surface area contributed by atoms with E-state index in [0.29, 0.717) is 48.9 Å². The van der Waals surface area contributed by atoms with Crippen molar-refractivity contribution in [3.05, 3.63) is 77.4 Å². The van der Waals surface area contributed by atoms with Crippen LogP contribution in [-0.4, -0.2) is 66.0 Å². The van der Waals surface area contributed by atoms with Crippen molar-refractivity contribution in [1.82, 2.24) is 9.80 Å². The maximum absolute atomic E-state index is 13.3. The van der Waals surface area contributed by atoms with Gasteiger partial charge in [0.2, 0.25) is 0 Å². The number of aliphatic hydroxyl groups excluding tert-OH is 1. The Kier molecular flexibility index (Phi) is 9.31. The minimum atomic E-state index is -0.755. The molecule has 0 bridgehead atoms. The number of hydrogen-bond donors (Lipinski definition) is 1. The first kappa shape index (κ1) is 27.0. The summed E-state index contributed by atoms with van der Waals surface area (Å²) in [5.74, 6) is -0.456. The van der Waals surface area contributed by atoms with Crippen molar-refractivity contribution in [2.24, 2.45) is 0 Å². The van der Waals surface area contributed by atoms with Gasteiger partial charge in [-0.05, 0) is 44.6 Å². The number of hydrogen-bond acceptors (Lipinski definition) is 6. The number of carbonyl (C=O) groups excluding carboxylic acids is 2. The number of rotatable bonds is 12. The van der Waals surface area contributed by atoms with Crippen molar-refractivity contribution in [1.29, 1.82) is 0 Å². The van der Waals surface area contributed by atoms with Crippen LogP contribution < -0.4 is 9.47 Å². The zero-order chi connectivity index (χ0) is 26.2. The van der Waals surface area contributed by atoms with Crippen LogP contribution in [0.25, 0.3) is 5.76 Å². The summed E-state index contributed by atoms with van der Waals surface area (Å²) < 4.78 is 11.5. The molecule has 1 atom stereocenters. The van der Waals surface area contributed by atoms with E-state index in [9.17, 15) is 14.7 Å². The molecule has 7 nitrogen and oxygen atoms in total. The van der Waals surface area contributed by atoms with Crippen LogP contribution in [0.15, 0.2) is 60.7 Å². The third kappa shape index (κ3) is 5.79. The predicted molar refractivity (Wildman–Crippen MR) is 141 cm³/mol. The van der Waals surface area contributed by atoms with Crippen LogP contribution in [-0.2, 0) is 9.59 Å². The Morgan fingerprint density at radius 1 is 1.06 bits per heavy atom. The van der Waals surface area contributed by atoms with Crippen LogP contribution >= 0.6 is 0 Å². The molecule has 7 heteroatoms. The van der Waals surface area contributed by atoms with E-state index in [0.717, 1.165) is 18.7 Å². The fraction of sp³-hybridized carbons (Fsp3) is 0.379. The third-order valence-electron chi connectivity index (χ3n) is 6.36. The van der Waals surface area contributed by atoms with Crippen molar-refractivity contribution >= 4 is 17.4 Å². The van der Waals surface area contributed by atoms with Crippen LogP contribution in [0.3, 0.4) is 0 Å². The number of ketones is 1. The maximum atomic E-state index is 13.3. The second-order valence-electron chi connectivity index (χ2n) is 8.62. The van der Waals surface area contributed by atoms with Crippen molar-refractivity contribution in [3.63, 3.8) is 0 Å². The zero-order valence-electron chi connectivity index (χ0n) is 21.6. The van der Waals surface area contributed by atoms with Gasteiger partial charge in [-0.25, -0.2) is 0 Å². The van der Waals surface area contributed by atoms with Crippen LogP contribution in [0.4, 0.5) is 0 Å². The highest BCUT2D eigenvalue weighted by Gasteiger charge is 2.46. The van der Waals surface area contributed by atoms with Gasteiger partial charge in [0.15, 0.2) is 11.5 Å². The topological polar surface area (TPSA) is 79.3 Å². The monoisotopic (exact) mass is 492 g/mol. The van der Waals surface area contributed by atoms with Crippen molar-refractivity contribution < 1.29 is 24.2 Å². The van der Waals surface area contributed by atoms with Crippen LogP contribution in [0.1, 0.15) is 43.5 Å². The molecule has 1 saturated heterocycles. The smallest absolute Gasteiger partial charge is 0.295 e. The summed E-state index contributed by atoms with van der Waals surface area (Å²) >= 11 is 0. The average Bonchev–Trinajstić information content (AvgIpc) is 3.13. The molecule has 1 aliphatic heterocycles. The number of amides is 1. The lowest BCUT2D eigenvalue weighted by Crippen LogP contribution is -2.38. The van der Waals surface area contributed by atoms with E-state index in [1.807, 2.05) is 32.0 Å². The Labute approximate surface area is 213 Å². The number of carbonyl (C=O) groups is 2. The molecule has 1 fully saturated rings. The van der Waals surface area contributed by atoms with E-state index < -0.39 is 17.7 Å². The third-order valence-corrected chi connectivity index (χ3v) is 6.36. The van der Waals surface area contributed by atoms with E-state index >= 15 is 0 Å². The van der Waals surface area contributed by atoms with Crippen molar-refractivity contribution in [2.45, 2.75) is 33.7 Å². The highest BCUT2D eigenvalue weighted by atomic mass is 16.5. The van der Waals surface area contributed by atoms with Gasteiger partial charge in [-0.2, -0.15) is 0 Å². The molecule has 0 aliphatic carbocycles. The second-order valence-corrected chi connectivity index (χ2v) is 8.62. The minimum Gasteiger partial charge on any atom is -0.507 e. The highest BCUT2D eigenvalue weighted by molar-refractivity contribution is 6.46. The lowest BCUT2D eigenvalue weighted by atomic mass is 9.94. The molecule has 1 N–H and O–H groups in total. The van der Waals surface area contributed by atoms with E-state index in [2.05, 4.69) is 25.3 Å². The summed E-state index contributed by atoms with van der Waals surface area (Å²) in [5, 5.41) is 11.3. The highest BCUT2D eigenvalue weighted by Crippen LogP contribution is 2.42. The van der Waals surface area contributed by atoms with Gasteiger partial charge in [-0.1, -0.05) is 62.4 Å². The number of ether oxygens (including phenoxy) is 2. The molecule has 1 aliphatic rings. The molecule has 2 aromatic carbocycles. The van der Waals surface area contributed by atoms with E-state index in [1.165, 1.54) is 0 Å². The number of nitrogens with zero attached hydrogens (tertiary/aromatic N) is 2. The number of benzene rings is 2. The average molecular weight is 493 g/mol. The van der Waals surface area contributed by atoms with Crippen LogP contribution in [0, 0.1) is 6.92 Å². The van der Waals surface area contributed by atoms with Gasteiger partial charge in [-0.3, -0.25) is 9.59 Å². The number of aliphatic hydroxyl groups is 1. The van der Waals surface area contributed by atoms with E-state index in [4.69, 9.17) is 9.47 Å². The van der Waals surface area contributed by atoms with Gasteiger partial charge in [0.05, 0.1) is 18.2 Å². The quantitative estimate of drug-likeness (QED) is 0.200. The first-order chi connectivity index (χ1) is 17.4. The molecule has 2 aromatic rings. The fourth-order valence-electron chi connectivity index (χ4n) is 4.34. The van der Waals surface area contributed by atoms with Gasteiger partial charge >= 0.3 is 0 Å². The molecule has 1 amide bonds. The Morgan fingerprint density at radius 3 is 2.36 bits per heavy atom. The van der Waals surface area contributed by atoms with Crippen LogP contribution in [0.5, 0.6) is 11.5 Å². The molecule has 3 rings (SSSR count). The van der Waals surface area contributed by atoms with Crippen LogP contribution in [0.2, 0.25) is 0 Å². The SMILES string of the molecule is C=CCOc1ccc(C2C(=C(O)c3ccc(C)cc3)C(=O)C(=O)N2CCN(CC)CC)cc1OCC. The lowest BCUT2D eigenvalue weighted by Gasteiger charge is -2.28. The first-order valence-corrected chi connectivity index (χ1v) is 12.4. The summed E-state index contributed by atoms with van der Waals surface area (Å²) in [6.45, 7) is 15.0. The van der Waals surface area contributed by atoms with Gasteiger partial charge in [0.25, 0.3) is 11.7 Å². The summed E-state index contributed by atoms with van der Waals surface area (Å²) in [5.41, 5.74) is 2.25. The first-order valence-electron chi connectivity index (χ1n) is 12.4. The van der Waals surface area contributed by atoms with E-state index in [1.54, 1.807) is 35.2 Å². The fourth-order valence-corrected chi connectivity index (χ4v) is 4.34. The summed E-state index contributed by atoms with van der Waals surface area (Å²) in [7, 11) is 0. The molecule has 1 unspecified atom stereocenters. The summed E-state index contributed by atoms with van der Waals surface area (Å²) in [4.78, 5) is 30.3. The predicted octanol–water partition coefficient (Wildman–Crippen LogP) is 4.72. The molecule has 192 valence electrons. The second kappa shape index (κ2) is 12.4. The summed E-state index contributed by atoms with van der Waals surface area (Å²) in [6.07, 6.45) is 1.65. The molecule has 0 saturated carbocycles. The van der Waals surface area contributed by atoms with Gasteiger partial charge in [0.1, 0.15) is 12.4 Å². The Balaban J connectivity index is 2.14. The minimum absolute atomic E-state index is 0.0746. The van der Waals surface area contributed by atoms with Gasteiger partial charge in [0, 0.05) is 18.7 Å².